The summed E-state index contributed by atoms with van der Waals surface area (Å²) in [5, 5.41) is 3.18. The number of nitrogens with one attached hydrogen (secondary N) is 1. The number of methoxy groups -OCH3 is 1. The third-order valence-electron chi connectivity index (χ3n) is 2.73. The van der Waals surface area contributed by atoms with Gasteiger partial charge in [-0.3, -0.25) is 0 Å². The van der Waals surface area contributed by atoms with Crippen molar-refractivity contribution in [3.63, 3.8) is 0 Å². The highest BCUT2D eigenvalue weighted by Gasteiger charge is 2.20. The second-order valence-electron chi connectivity index (χ2n) is 4.02. The van der Waals surface area contributed by atoms with E-state index >= 15 is 0 Å². The van der Waals surface area contributed by atoms with Gasteiger partial charge in [0.2, 0.25) is 0 Å². The molecule has 0 aromatic heterocycles. The van der Waals surface area contributed by atoms with Crippen LogP contribution in [0.25, 0.3) is 0 Å². The summed E-state index contributed by atoms with van der Waals surface area (Å²) in [5.74, 6) is -0.314. The van der Waals surface area contributed by atoms with Crippen LogP contribution in [0.5, 0.6) is 0 Å². The van der Waals surface area contributed by atoms with E-state index in [9.17, 15) is 4.79 Å². The fourth-order valence-electron chi connectivity index (χ4n) is 1.75. The molecule has 2 aromatic carbocycles. The van der Waals surface area contributed by atoms with Gasteiger partial charge in [-0.2, -0.15) is 0 Å². The average molecular weight is 320 g/mol. The summed E-state index contributed by atoms with van der Waals surface area (Å²) in [6.45, 7) is 0. The molecule has 0 spiro atoms. The summed E-state index contributed by atoms with van der Waals surface area (Å²) in [6, 6.07) is 16.7. The zero-order valence-corrected chi connectivity index (χ0v) is 12.1. The molecule has 3 nitrogen and oxygen atoms in total. The molecule has 0 fully saturated rings. The van der Waals surface area contributed by atoms with Gasteiger partial charge in [0.05, 0.1) is 7.11 Å². The van der Waals surface area contributed by atoms with Crippen molar-refractivity contribution in [2.75, 3.05) is 12.4 Å². The van der Waals surface area contributed by atoms with E-state index in [1.54, 1.807) is 0 Å². The van der Waals surface area contributed by atoms with Crippen LogP contribution in [-0.2, 0) is 9.53 Å². The van der Waals surface area contributed by atoms with Gasteiger partial charge in [-0.1, -0.05) is 46.3 Å². The van der Waals surface area contributed by atoms with E-state index in [4.69, 9.17) is 4.74 Å². The molecule has 1 unspecified atom stereocenters. The third-order valence-corrected chi connectivity index (χ3v) is 3.25. The monoisotopic (exact) mass is 319 g/mol. The molecule has 4 heteroatoms. The Morgan fingerprint density at radius 2 is 1.74 bits per heavy atom. The molecule has 0 aliphatic carbocycles. The minimum atomic E-state index is -0.513. The molecule has 0 aliphatic heterocycles. The minimum Gasteiger partial charge on any atom is -0.467 e. The number of anilines is 1. The number of para-hydroxylation sites is 1. The quantitative estimate of drug-likeness (QED) is 0.872. The first-order valence-electron chi connectivity index (χ1n) is 5.85. The number of ether oxygens (including phenoxy) is 1. The van der Waals surface area contributed by atoms with Crippen LogP contribution >= 0.6 is 15.9 Å². The smallest absolute Gasteiger partial charge is 0.332 e. The molecule has 1 N–H and O–H groups in total. The van der Waals surface area contributed by atoms with E-state index in [0.29, 0.717) is 0 Å². The number of rotatable bonds is 4. The van der Waals surface area contributed by atoms with E-state index < -0.39 is 6.04 Å². The molecular weight excluding hydrogens is 306 g/mol. The van der Waals surface area contributed by atoms with Gasteiger partial charge in [-0.25, -0.2) is 4.79 Å². The maximum Gasteiger partial charge on any atom is 0.332 e. The second-order valence-corrected chi connectivity index (χ2v) is 4.93. The average Bonchev–Trinajstić information content (AvgIpc) is 2.46. The van der Waals surface area contributed by atoms with E-state index in [1.165, 1.54) is 7.11 Å². The van der Waals surface area contributed by atoms with Gasteiger partial charge in [0.1, 0.15) is 0 Å². The predicted octanol–water partition coefficient (Wildman–Crippen LogP) is 3.78. The van der Waals surface area contributed by atoms with Crippen LogP contribution < -0.4 is 5.32 Å². The fourth-order valence-corrected chi connectivity index (χ4v) is 2.02. The first-order chi connectivity index (χ1) is 9.20. The van der Waals surface area contributed by atoms with Crippen LogP contribution in [0.15, 0.2) is 59.1 Å². The van der Waals surface area contributed by atoms with Crippen molar-refractivity contribution in [1.29, 1.82) is 0 Å². The van der Waals surface area contributed by atoms with Gasteiger partial charge in [0.15, 0.2) is 6.04 Å². The summed E-state index contributed by atoms with van der Waals surface area (Å²) in [4.78, 5) is 11.9. The van der Waals surface area contributed by atoms with Gasteiger partial charge in [0, 0.05) is 10.2 Å². The highest BCUT2D eigenvalue weighted by molar-refractivity contribution is 9.10. The summed E-state index contributed by atoms with van der Waals surface area (Å²) in [5.41, 5.74) is 1.74. The lowest BCUT2D eigenvalue weighted by atomic mass is 10.1. The number of carbonyl (C=O) groups excluding carboxylic acids is 1. The van der Waals surface area contributed by atoms with Crippen molar-refractivity contribution in [3.05, 3.63) is 64.6 Å². The standard InChI is InChI=1S/C15H14BrNO2/c1-19-15(18)14(11-7-9-12(16)10-8-11)17-13-5-3-2-4-6-13/h2-10,14,17H,1H3. The van der Waals surface area contributed by atoms with E-state index in [0.717, 1.165) is 15.7 Å². The van der Waals surface area contributed by atoms with Crippen molar-refractivity contribution in [1.82, 2.24) is 0 Å². The Balaban J connectivity index is 2.26. The number of benzene rings is 2. The Hall–Kier alpha value is -1.81. The molecule has 0 saturated carbocycles. The Morgan fingerprint density at radius 3 is 2.32 bits per heavy atom. The lowest BCUT2D eigenvalue weighted by molar-refractivity contribution is -0.141. The molecule has 0 heterocycles. The SMILES string of the molecule is COC(=O)C(Nc1ccccc1)c1ccc(Br)cc1. The molecule has 2 rings (SSSR count). The maximum absolute atomic E-state index is 11.9. The molecule has 0 bridgehead atoms. The van der Waals surface area contributed by atoms with Crippen LogP contribution in [0.4, 0.5) is 5.69 Å². The molecule has 1 atom stereocenters. The highest BCUT2D eigenvalue weighted by Crippen LogP contribution is 2.22. The number of hydrogen-bond donors (Lipinski definition) is 1. The van der Waals surface area contributed by atoms with E-state index in [-0.39, 0.29) is 5.97 Å². The molecule has 0 radical (unpaired) electrons. The first-order valence-corrected chi connectivity index (χ1v) is 6.65. The zero-order valence-electron chi connectivity index (χ0n) is 10.5. The molecule has 2 aromatic rings. The van der Waals surface area contributed by atoms with E-state index in [1.807, 2.05) is 54.6 Å². The largest absolute Gasteiger partial charge is 0.467 e. The number of halogens is 1. The van der Waals surface area contributed by atoms with Gasteiger partial charge in [-0.05, 0) is 29.8 Å². The fraction of sp³-hybridized carbons (Fsp3) is 0.133. The Labute approximate surface area is 120 Å². The third kappa shape index (κ3) is 3.58. The van der Waals surface area contributed by atoms with Crippen molar-refractivity contribution in [3.8, 4) is 0 Å². The minimum absolute atomic E-state index is 0.314. The van der Waals surface area contributed by atoms with Gasteiger partial charge in [0.25, 0.3) is 0 Å². The zero-order chi connectivity index (χ0) is 13.7. The Bertz CT molecular complexity index is 540. The van der Waals surface area contributed by atoms with Crippen LogP contribution in [0.1, 0.15) is 11.6 Å². The van der Waals surface area contributed by atoms with E-state index in [2.05, 4.69) is 21.2 Å². The lowest BCUT2D eigenvalue weighted by Crippen LogP contribution is -2.22. The molecule has 98 valence electrons. The van der Waals surface area contributed by atoms with Crippen LogP contribution in [-0.4, -0.2) is 13.1 Å². The molecule has 0 aliphatic rings. The van der Waals surface area contributed by atoms with Crippen molar-refractivity contribution >= 4 is 27.6 Å². The van der Waals surface area contributed by atoms with Crippen molar-refractivity contribution in [2.24, 2.45) is 0 Å². The van der Waals surface area contributed by atoms with Gasteiger partial charge >= 0.3 is 5.97 Å². The molecular formula is C15H14BrNO2. The number of esters is 1. The maximum atomic E-state index is 11.9. The predicted molar refractivity (Wildman–Crippen MR) is 79.0 cm³/mol. The number of hydrogen-bond acceptors (Lipinski definition) is 3. The summed E-state index contributed by atoms with van der Waals surface area (Å²) in [7, 11) is 1.39. The Kier molecular flexibility index (Phi) is 4.58. The normalized spacial score (nSPS) is 11.7. The van der Waals surface area contributed by atoms with Gasteiger partial charge < -0.3 is 10.1 Å². The summed E-state index contributed by atoms with van der Waals surface area (Å²) >= 11 is 3.38. The van der Waals surface area contributed by atoms with Crippen molar-refractivity contribution < 1.29 is 9.53 Å². The van der Waals surface area contributed by atoms with Crippen LogP contribution in [0.3, 0.4) is 0 Å². The van der Waals surface area contributed by atoms with Crippen LogP contribution in [0, 0.1) is 0 Å². The first kappa shape index (κ1) is 13.6. The molecule has 0 saturated heterocycles. The summed E-state index contributed by atoms with van der Waals surface area (Å²) in [6.07, 6.45) is 0. The van der Waals surface area contributed by atoms with Crippen molar-refractivity contribution in [2.45, 2.75) is 6.04 Å². The lowest BCUT2D eigenvalue weighted by Gasteiger charge is -2.18. The molecule has 19 heavy (non-hydrogen) atoms. The van der Waals surface area contributed by atoms with Gasteiger partial charge in [-0.15, -0.1) is 0 Å². The second kappa shape index (κ2) is 6.38. The molecule has 0 amide bonds. The Morgan fingerprint density at radius 1 is 1.11 bits per heavy atom. The number of carbonyl (C=O) groups is 1. The summed E-state index contributed by atoms with van der Waals surface area (Å²) < 4.78 is 5.83. The highest BCUT2D eigenvalue weighted by atomic mass is 79.9. The van der Waals surface area contributed by atoms with Crippen LogP contribution in [0.2, 0.25) is 0 Å². The topological polar surface area (TPSA) is 38.3 Å².